The first-order valence-corrected chi connectivity index (χ1v) is 5.61. The van der Waals surface area contributed by atoms with Gasteiger partial charge in [0, 0.05) is 0 Å². The van der Waals surface area contributed by atoms with Crippen molar-refractivity contribution in [2.75, 3.05) is 0 Å². The zero-order valence-corrected chi connectivity index (χ0v) is 9.91. The molecule has 2 atom stereocenters. The van der Waals surface area contributed by atoms with Crippen LogP contribution in [-0.2, 0) is 4.79 Å². The quantitative estimate of drug-likeness (QED) is 0.573. The van der Waals surface area contributed by atoms with Crippen LogP contribution in [0, 0.1) is 0 Å². The Kier molecular flexibility index (Phi) is 3.59. The number of aliphatic hydroxyl groups excluding tert-OH is 2. The molecule has 0 fully saturated rings. The first-order chi connectivity index (χ1) is 8.99. The van der Waals surface area contributed by atoms with Crippen molar-refractivity contribution >= 4 is 16.8 Å². The number of H-pyrrole nitrogens is 1. The number of fused-ring (bicyclic) bond motifs is 1. The number of primary amides is 1. The summed E-state index contributed by atoms with van der Waals surface area (Å²) in [6.45, 7) is 0. The number of hydrogen-bond donors (Lipinski definition) is 4. The fourth-order valence-electron chi connectivity index (χ4n) is 1.81. The van der Waals surface area contributed by atoms with E-state index in [2.05, 4.69) is 9.97 Å². The summed E-state index contributed by atoms with van der Waals surface area (Å²) < 4.78 is 0. The lowest BCUT2D eigenvalue weighted by molar-refractivity contribution is -0.121. The number of aromatic nitrogens is 2. The lowest BCUT2D eigenvalue weighted by atomic mass is 10.0. The molecular weight excluding hydrogens is 250 g/mol. The van der Waals surface area contributed by atoms with Crippen LogP contribution >= 0.6 is 0 Å². The van der Waals surface area contributed by atoms with E-state index in [1.807, 2.05) is 0 Å². The van der Waals surface area contributed by atoms with E-state index in [9.17, 15) is 19.8 Å². The fraction of sp³-hybridized carbons (Fsp3) is 0.250. The highest BCUT2D eigenvalue weighted by Crippen LogP contribution is 2.21. The Bertz CT molecular complexity index is 667. The van der Waals surface area contributed by atoms with E-state index in [1.165, 1.54) is 24.5 Å². The number of benzene rings is 1. The number of aliphatic hydroxyl groups is 2. The lowest BCUT2D eigenvalue weighted by Gasteiger charge is -2.16. The highest BCUT2D eigenvalue weighted by atomic mass is 16.3. The molecule has 0 bridgehead atoms. The van der Waals surface area contributed by atoms with Crippen LogP contribution in [0.1, 0.15) is 18.1 Å². The molecule has 1 heterocycles. The number of nitrogens with two attached hydrogens (primary N) is 1. The van der Waals surface area contributed by atoms with Gasteiger partial charge in [-0.25, -0.2) is 4.98 Å². The van der Waals surface area contributed by atoms with Gasteiger partial charge >= 0.3 is 0 Å². The maximum atomic E-state index is 11.5. The van der Waals surface area contributed by atoms with Crippen molar-refractivity contribution in [1.82, 2.24) is 9.97 Å². The highest BCUT2D eigenvalue weighted by molar-refractivity contribution is 5.78. The SMILES string of the molecule is NC(=O)CC(O)C(O)c1ccc2c(=O)[nH]cnc2c1. The third-order valence-corrected chi connectivity index (χ3v) is 2.78. The Hall–Kier alpha value is -2.25. The van der Waals surface area contributed by atoms with Crippen LogP contribution in [0.3, 0.4) is 0 Å². The molecule has 0 aliphatic carbocycles. The summed E-state index contributed by atoms with van der Waals surface area (Å²) in [6.07, 6.45) is -1.65. The normalized spacial score (nSPS) is 14.2. The Labute approximate surface area is 107 Å². The predicted octanol–water partition coefficient (Wildman–Crippen LogP) is -0.807. The highest BCUT2D eigenvalue weighted by Gasteiger charge is 2.20. The van der Waals surface area contributed by atoms with E-state index in [4.69, 9.17) is 5.73 Å². The number of carbonyl (C=O) groups is 1. The van der Waals surface area contributed by atoms with E-state index < -0.39 is 18.1 Å². The average Bonchev–Trinajstić information content (AvgIpc) is 2.37. The van der Waals surface area contributed by atoms with E-state index in [-0.39, 0.29) is 12.0 Å². The molecule has 2 rings (SSSR count). The molecule has 7 nitrogen and oxygen atoms in total. The summed E-state index contributed by atoms with van der Waals surface area (Å²) in [5.41, 5.74) is 5.42. The summed E-state index contributed by atoms with van der Waals surface area (Å²) in [7, 11) is 0. The minimum absolute atomic E-state index is 0.288. The van der Waals surface area contributed by atoms with Crippen LogP contribution in [-0.4, -0.2) is 32.2 Å². The molecule has 0 radical (unpaired) electrons. The molecular formula is C12H13N3O4. The largest absolute Gasteiger partial charge is 0.390 e. The van der Waals surface area contributed by atoms with Crippen molar-refractivity contribution in [3.8, 4) is 0 Å². The number of rotatable bonds is 4. The molecule has 2 aromatic rings. The maximum Gasteiger partial charge on any atom is 0.258 e. The molecule has 19 heavy (non-hydrogen) atoms. The van der Waals surface area contributed by atoms with Gasteiger partial charge in [-0.05, 0) is 17.7 Å². The van der Waals surface area contributed by atoms with Crippen molar-refractivity contribution in [1.29, 1.82) is 0 Å². The third-order valence-electron chi connectivity index (χ3n) is 2.78. The fourth-order valence-corrected chi connectivity index (χ4v) is 1.81. The van der Waals surface area contributed by atoms with E-state index in [0.717, 1.165) is 0 Å². The van der Waals surface area contributed by atoms with E-state index >= 15 is 0 Å². The lowest BCUT2D eigenvalue weighted by Crippen LogP contribution is -2.25. The van der Waals surface area contributed by atoms with E-state index in [0.29, 0.717) is 16.5 Å². The van der Waals surface area contributed by atoms with Crippen molar-refractivity contribution in [2.45, 2.75) is 18.6 Å². The summed E-state index contributed by atoms with van der Waals surface area (Å²) in [6, 6.07) is 4.48. The minimum Gasteiger partial charge on any atom is -0.390 e. The number of hydrogen-bond acceptors (Lipinski definition) is 5. The molecule has 0 aliphatic heterocycles. The van der Waals surface area contributed by atoms with Crippen LogP contribution in [0.5, 0.6) is 0 Å². The summed E-state index contributed by atoms with van der Waals surface area (Å²) in [5.74, 6) is -0.707. The van der Waals surface area contributed by atoms with Crippen LogP contribution in [0.25, 0.3) is 10.9 Å². The summed E-state index contributed by atoms with van der Waals surface area (Å²) in [4.78, 5) is 28.6. The standard InChI is InChI=1S/C12H13N3O4/c13-10(17)4-9(16)11(18)6-1-2-7-8(3-6)14-5-15-12(7)19/h1-3,5,9,11,16,18H,4H2,(H2,13,17)(H,14,15,19). The van der Waals surface area contributed by atoms with Crippen molar-refractivity contribution < 1.29 is 15.0 Å². The Morgan fingerprint density at radius 3 is 2.84 bits per heavy atom. The van der Waals surface area contributed by atoms with Crippen LogP contribution in [0.15, 0.2) is 29.3 Å². The van der Waals surface area contributed by atoms with Gasteiger partial charge in [0.15, 0.2) is 0 Å². The van der Waals surface area contributed by atoms with Gasteiger partial charge in [0.25, 0.3) is 5.56 Å². The summed E-state index contributed by atoms with van der Waals surface area (Å²) in [5, 5.41) is 19.9. The topological polar surface area (TPSA) is 129 Å². The number of carbonyl (C=O) groups excluding carboxylic acids is 1. The van der Waals surface area contributed by atoms with Gasteiger partial charge < -0.3 is 20.9 Å². The predicted molar refractivity (Wildman–Crippen MR) is 67.1 cm³/mol. The van der Waals surface area contributed by atoms with E-state index in [1.54, 1.807) is 0 Å². The molecule has 1 aromatic heterocycles. The molecule has 0 saturated carbocycles. The molecule has 0 spiro atoms. The third kappa shape index (κ3) is 2.78. The smallest absolute Gasteiger partial charge is 0.258 e. The number of aromatic amines is 1. The molecule has 100 valence electrons. The second-order valence-corrected chi connectivity index (χ2v) is 4.19. The maximum absolute atomic E-state index is 11.5. The van der Waals surface area contributed by atoms with Gasteiger partial charge in [-0.3, -0.25) is 9.59 Å². The first-order valence-electron chi connectivity index (χ1n) is 5.61. The second kappa shape index (κ2) is 5.17. The second-order valence-electron chi connectivity index (χ2n) is 4.19. The van der Waals surface area contributed by atoms with Crippen molar-refractivity contribution in [3.63, 3.8) is 0 Å². The van der Waals surface area contributed by atoms with Crippen LogP contribution < -0.4 is 11.3 Å². The average molecular weight is 263 g/mol. The monoisotopic (exact) mass is 263 g/mol. The number of nitrogens with zero attached hydrogens (tertiary/aromatic N) is 1. The van der Waals surface area contributed by atoms with Crippen molar-refractivity contribution in [3.05, 3.63) is 40.4 Å². The molecule has 0 aliphatic rings. The van der Waals surface area contributed by atoms with Gasteiger partial charge in [0.1, 0.15) is 6.10 Å². The molecule has 1 aromatic carbocycles. The van der Waals surface area contributed by atoms with Gasteiger partial charge in [0.2, 0.25) is 5.91 Å². The Balaban J connectivity index is 2.35. The molecule has 2 unspecified atom stereocenters. The molecule has 7 heteroatoms. The van der Waals surface area contributed by atoms with Gasteiger partial charge in [0.05, 0.1) is 29.8 Å². The minimum atomic E-state index is -1.29. The van der Waals surface area contributed by atoms with Gasteiger partial charge in [-0.2, -0.15) is 0 Å². The zero-order chi connectivity index (χ0) is 14.0. The molecule has 1 amide bonds. The Morgan fingerprint density at radius 1 is 1.42 bits per heavy atom. The van der Waals surface area contributed by atoms with Gasteiger partial charge in [-0.15, -0.1) is 0 Å². The van der Waals surface area contributed by atoms with Crippen LogP contribution in [0.4, 0.5) is 0 Å². The molecule has 0 saturated heterocycles. The van der Waals surface area contributed by atoms with Crippen LogP contribution in [0.2, 0.25) is 0 Å². The zero-order valence-electron chi connectivity index (χ0n) is 9.91. The summed E-state index contributed by atoms with van der Waals surface area (Å²) >= 11 is 0. The molecule has 5 N–H and O–H groups in total. The van der Waals surface area contributed by atoms with Gasteiger partial charge in [-0.1, -0.05) is 6.07 Å². The van der Waals surface area contributed by atoms with Crippen molar-refractivity contribution in [2.24, 2.45) is 5.73 Å². The number of amides is 1. The Morgan fingerprint density at radius 2 is 2.16 bits per heavy atom. The number of nitrogens with one attached hydrogen (secondary N) is 1. The first kappa shape index (κ1) is 13.2.